The number of carbonyl (C=O) groups is 1. The highest BCUT2D eigenvalue weighted by Gasteiger charge is 2.00. The molecule has 1 aromatic carbocycles. The summed E-state index contributed by atoms with van der Waals surface area (Å²) in [4.78, 5) is 10.2. The Bertz CT molecular complexity index is 429. The molecule has 0 heterocycles. The lowest BCUT2D eigenvalue weighted by molar-refractivity contribution is 0.161. The quantitative estimate of drug-likeness (QED) is 0.751. The number of nitriles is 1. The van der Waals surface area contributed by atoms with Crippen molar-refractivity contribution in [2.45, 2.75) is 0 Å². The summed E-state index contributed by atoms with van der Waals surface area (Å²) in [5.74, 6) is -0.502. The predicted octanol–water partition coefficient (Wildman–Crippen LogP) is 1.20. The van der Waals surface area contributed by atoms with E-state index in [1.165, 1.54) is 12.1 Å². The van der Waals surface area contributed by atoms with E-state index >= 15 is 0 Å². The van der Waals surface area contributed by atoms with Crippen molar-refractivity contribution in [1.82, 2.24) is 0 Å². The zero-order chi connectivity index (χ0) is 12.0. The number of benzene rings is 1. The smallest absolute Gasteiger partial charge is 0.404 e. The van der Waals surface area contributed by atoms with E-state index in [0.29, 0.717) is 5.69 Å². The molecular weight excluding hydrogens is 213 g/mol. The molecule has 1 aromatic rings. The molecule has 16 heavy (non-hydrogen) atoms. The Labute approximate surface area is 91.6 Å². The number of ether oxygens (including phenoxy) is 1. The summed E-state index contributed by atoms with van der Waals surface area (Å²) in [7, 11) is 0. The van der Waals surface area contributed by atoms with Crippen molar-refractivity contribution >= 4 is 11.8 Å². The lowest BCUT2D eigenvalue weighted by Gasteiger charge is -2.06. The molecule has 0 aliphatic carbocycles. The normalized spacial score (nSPS) is 9.25. The first kappa shape index (κ1) is 11.8. The monoisotopic (exact) mass is 223 g/mol. The molecular formula is C10H10FN3O2. The van der Waals surface area contributed by atoms with Gasteiger partial charge in [-0.2, -0.15) is 5.26 Å². The SMILES string of the molecule is N#Cc1cc(F)cc(NCCOC(N)=O)c1. The third-order valence-electron chi connectivity index (χ3n) is 1.70. The van der Waals surface area contributed by atoms with Gasteiger partial charge in [0, 0.05) is 12.2 Å². The minimum absolute atomic E-state index is 0.0771. The van der Waals surface area contributed by atoms with Crippen LogP contribution in [0.2, 0.25) is 0 Å². The number of hydrogen-bond acceptors (Lipinski definition) is 4. The molecule has 5 nitrogen and oxygen atoms in total. The molecule has 3 N–H and O–H groups in total. The number of rotatable bonds is 4. The highest BCUT2D eigenvalue weighted by Crippen LogP contribution is 2.12. The van der Waals surface area contributed by atoms with Crippen molar-refractivity contribution in [3.63, 3.8) is 0 Å². The van der Waals surface area contributed by atoms with E-state index in [0.717, 1.165) is 6.07 Å². The van der Waals surface area contributed by atoms with Crippen molar-refractivity contribution in [2.24, 2.45) is 5.73 Å². The molecule has 0 saturated carbocycles. The van der Waals surface area contributed by atoms with Gasteiger partial charge in [-0.05, 0) is 18.2 Å². The van der Waals surface area contributed by atoms with Gasteiger partial charge >= 0.3 is 6.09 Å². The highest BCUT2D eigenvalue weighted by atomic mass is 19.1. The van der Waals surface area contributed by atoms with E-state index in [1.807, 2.05) is 6.07 Å². The molecule has 0 aliphatic rings. The van der Waals surface area contributed by atoms with Crippen molar-refractivity contribution in [3.05, 3.63) is 29.6 Å². The lowest BCUT2D eigenvalue weighted by Crippen LogP contribution is -2.18. The van der Waals surface area contributed by atoms with Crippen molar-refractivity contribution in [1.29, 1.82) is 5.26 Å². The third kappa shape index (κ3) is 3.84. The first-order valence-electron chi connectivity index (χ1n) is 4.48. The maximum atomic E-state index is 13.0. The standard InChI is InChI=1S/C10H10FN3O2/c11-8-3-7(6-12)4-9(5-8)14-1-2-16-10(13)15/h3-5,14H,1-2H2,(H2,13,15). The second kappa shape index (κ2) is 5.56. The molecule has 0 spiro atoms. The fourth-order valence-electron chi connectivity index (χ4n) is 1.10. The minimum Gasteiger partial charge on any atom is -0.448 e. The number of hydrogen-bond donors (Lipinski definition) is 2. The Morgan fingerprint density at radius 3 is 2.94 bits per heavy atom. The first-order chi connectivity index (χ1) is 7.61. The molecule has 6 heteroatoms. The molecule has 84 valence electrons. The fourth-order valence-corrected chi connectivity index (χ4v) is 1.10. The highest BCUT2D eigenvalue weighted by molar-refractivity contribution is 5.64. The van der Waals surface area contributed by atoms with Crippen LogP contribution in [0.3, 0.4) is 0 Å². The van der Waals surface area contributed by atoms with Gasteiger partial charge in [-0.25, -0.2) is 9.18 Å². The second-order valence-corrected chi connectivity index (χ2v) is 2.93. The molecule has 0 aliphatic heterocycles. The van der Waals surface area contributed by atoms with Crippen molar-refractivity contribution in [2.75, 3.05) is 18.5 Å². The van der Waals surface area contributed by atoms with Gasteiger partial charge in [0.2, 0.25) is 0 Å². The van der Waals surface area contributed by atoms with Gasteiger partial charge in [0.1, 0.15) is 12.4 Å². The topological polar surface area (TPSA) is 88.1 Å². The second-order valence-electron chi connectivity index (χ2n) is 2.93. The Kier molecular flexibility index (Phi) is 4.09. The van der Waals surface area contributed by atoms with Crippen molar-refractivity contribution in [3.8, 4) is 6.07 Å². The van der Waals surface area contributed by atoms with Crippen LogP contribution in [0.4, 0.5) is 14.9 Å². The summed E-state index contributed by atoms with van der Waals surface area (Å²) in [6.07, 6.45) is -0.862. The molecule has 0 radical (unpaired) electrons. The molecule has 1 amide bonds. The van der Waals surface area contributed by atoms with Gasteiger partial charge < -0.3 is 15.8 Å². The van der Waals surface area contributed by atoms with Crippen LogP contribution in [-0.2, 0) is 4.74 Å². The number of nitrogens with one attached hydrogen (secondary N) is 1. The number of carbonyl (C=O) groups excluding carboxylic acids is 1. The predicted molar refractivity (Wildman–Crippen MR) is 55.1 cm³/mol. The van der Waals surface area contributed by atoms with Gasteiger partial charge in [-0.1, -0.05) is 0 Å². The molecule has 1 rings (SSSR count). The molecule has 0 unspecified atom stereocenters. The van der Waals surface area contributed by atoms with Crippen LogP contribution in [0.1, 0.15) is 5.56 Å². The first-order valence-corrected chi connectivity index (χ1v) is 4.48. The number of anilines is 1. The number of amides is 1. The summed E-state index contributed by atoms with van der Waals surface area (Å²) < 4.78 is 17.4. The summed E-state index contributed by atoms with van der Waals surface area (Å²) in [5.41, 5.74) is 5.42. The maximum absolute atomic E-state index is 13.0. The maximum Gasteiger partial charge on any atom is 0.404 e. The minimum atomic E-state index is -0.862. The average molecular weight is 223 g/mol. The van der Waals surface area contributed by atoms with Crippen LogP contribution < -0.4 is 11.1 Å². The van der Waals surface area contributed by atoms with E-state index < -0.39 is 11.9 Å². The van der Waals surface area contributed by atoms with E-state index in [1.54, 1.807) is 0 Å². The number of nitrogens with two attached hydrogens (primary N) is 1. The number of primary amides is 1. The number of halogens is 1. The Morgan fingerprint density at radius 1 is 1.56 bits per heavy atom. The molecule has 0 bridgehead atoms. The Morgan fingerprint density at radius 2 is 2.31 bits per heavy atom. The molecule has 0 fully saturated rings. The zero-order valence-corrected chi connectivity index (χ0v) is 8.37. The van der Waals surface area contributed by atoms with E-state index in [4.69, 9.17) is 11.0 Å². The van der Waals surface area contributed by atoms with Gasteiger partial charge in [-0.15, -0.1) is 0 Å². The largest absolute Gasteiger partial charge is 0.448 e. The van der Waals surface area contributed by atoms with E-state index in [9.17, 15) is 9.18 Å². The fraction of sp³-hybridized carbons (Fsp3) is 0.200. The van der Waals surface area contributed by atoms with Crippen LogP contribution >= 0.6 is 0 Å². The van der Waals surface area contributed by atoms with Crippen LogP contribution in [0.25, 0.3) is 0 Å². The van der Waals surface area contributed by atoms with Gasteiger partial charge in [0.25, 0.3) is 0 Å². The van der Waals surface area contributed by atoms with Gasteiger partial charge in [0.05, 0.1) is 11.6 Å². The van der Waals surface area contributed by atoms with Crippen molar-refractivity contribution < 1.29 is 13.9 Å². The third-order valence-corrected chi connectivity index (χ3v) is 1.70. The van der Waals surface area contributed by atoms with Crippen LogP contribution in [0.15, 0.2) is 18.2 Å². The van der Waals surface area contributed by atoms with Gasteiger partial charge in [-0.3, -0.25) is 0 Å². The average Bonchev–Trinajstić information content (AvgIpc) is 2.23. The molecule has 0 aromatic heterocycles. The number of nitrogens with zero attached hydrogens (tertiary/aromatic N) is 1. The van der Waals surface area contributed by atoms with Gasteiger partial charge in [0.15, 0.2) is 0 Å². The Balaban J connectivity index is 2.51. The summed E-state index contributed by atoms with van der Waals surface area (Å²) in [6.45, 7) is 0.366. The van der Waals surface area contributed by atoms with Crippen LogP contribution in [-0.4, -0.2) is 19.2 Å². The summed E-state index contributed by atoms with van der Waals surface area (Å²) in [5, 5.41) is 11.4. The molecule has 0 saturated heterocycles. The zero-order valence-electron chi connectivity index (χ0n) is 8.37. The van der Waals surface area contributed by atoms with E-state index in [2.05, 4.69) is 10.1 Å². The van der Waals surface area contributed by atoms with E-state index in [-0.39, 0.29) is 18.7 Å². The summed E-state index contributed by atoms with van der Waals surface area (Å²) in [6, 6.07) is 5.70. The summed E-state index contributed by atoms with van der Waals surface area (Å²) >= 11 is 0. The Hall–Kier alpha value is -2.29. The van der Waals surface area contributed by atoms with Crippen LogP contribution in [0, 0.1) is 17.1 Å². The molecule has 0 atom stereocenters. The lowest BCUT2D eigenvalue weighted by atomic mass is 10.2. The van der Waals surface area contributed by atoms with Crippen LogP contribution in [0.5, 0.6) is 0 Å².